The molecule has 0 saturated heterocycles. The van der Waals surface area contributed by atoms with Crippen LogP contribution in [-0.2, 0) is 20.0 Å². The molecule has 1 aliphatic rings. The Morgan fingerprint density at radius 2 is 1.55 bits per heavy atom. The Kier molecular flexibility index (Phi) is 18.6. The molecular formula is C16H21Cl2OTi-2. The van der Waals surface area contributed by atoms with Crippen LogP contribution >= 0.6 is 0 Å². The van der Waals surface area contributed by atoms with Gasteiger partial charge >= 0.3 is 37.6 Å². The fourth-order valence-electron chi connectivity index (χ4n) is 1.08. The third-order valence-electron chi connectivity index (χ3n) is 2.12. The summed E-state index contributed by atoms with van der Waals surface area (Å²) in [6.07, 6.45) is 6.41. The van der Waals surface area contributed by atoms with E-state index in [2.05, 4.69) is 59.8 Å². The number of hydrogen-bond donors (Lipinski definition) is 1. The minimum Gasteiger partial charge on any atom is -1.00 e. The van der Waals surface area contributed by atoms with Crippen LogP contribution in [0, 0.1) is 6.08 Å². The molecule has 0 fully saturated rings. The van der Waals surface area contributed by atoms with Gasteiger partial charge in [-0.3, -0.25) is 6.08 Å². The molecule has 0 bridgehead atoms. The number of aromatic hydroxyl groups is 1. The predicted octanol–water partition coefficient (Wildman–Crippen LogP) is -1.77. The van der Waals surface area contributed by atoms with Crippen molar-refractivity contribution in [3.63, 3.8) is 0 Å². The third-order valence-corrected chi connectivity index (χ3v) is 2.12. The van der Waals surface area contributed by atoms with Gasteiger partial charge in [-0.25, -0.2) is 11.1 Å². The van der Waals surface area contributed by atoms with E-state index in [1.165, 1.54) is 15.0 Å². The zero-order valence-electron chi connectivity index (χ0n) is 12.4. The van der Waals surface area contributed by atoms with E-state index >= 15 is 0 Å². The van der Waals surface area contributed by atoms with E-state index in [-0.39, 0.29) is 24.8 Å². The molecule has 1 aromatic rings. The van der Waals surface area contributed by atoms with E-state index in [4.69, 9.17) is 5.11 Å². The molecule has 0 spiro atoms. The largest absolute Gasteiger partial charge is 1.00 e. The number of benzene rings is 1. The van der Waals surface area contributed by atoms with Gasteiger partial charge in [0.2, 0.25) is 0 Å². The summed E-state index contributed by atoms with van der Waals surface area (Å²) in [5.41, 5.74) is 2.71. The quantitative estimate of drug-likeness (QED) is 0.435. The normalized spacial score (nSPS) is 11.1. The maximum atomic E-state index is 8.63. The van der Waals surface area contributed by atoms with Crippen LogP contribution in [-0.4, -0.2) is 8.92 Å². The predicted molar refractivity (Wildman–Crippen MR) is 75.3 cm³/mol. The van der Waals surface area contributed by atoms with Crippen molar-refractivity contribution in [1.29, 1.82) is 0 Å². The molecule has 0 unspecified atom stereocenters. The van der Waals surface area contributed by atoms with E-state index in [9.17, 15) is 0 Å². The average molecular weight is 348 g/mol. The number of phenols is 1. The first-order chi connectivity index (χ1) is 8.43. The second kappa shape index (κ2) is 15.1. The van der Waals surface area contributed by atoms with Crippen molar-refractivity contribution < 1.29 is 49.9 Å². The van der Waals surface area contributed by atoms with Crippen molar-refractivity contribution in [2.24, 2.45) is 0 Å². The summed E-state index contributed by atoms with van der Waals surface area (Å²) in [5.74, 6) is 0.322. The van der Waals surface area contributed by atoms with Gasteiger partial charge in [0.15, 0.2) is 0 Å². The van der Waals surface area contributed by atoms with Crippen molar-refractivity contribution in [2.45, 2.75) is 34.1 Å². The van der Waals surface area contributed by atoms with Crippen molar-refractivity contribution in [3.8, 4) is 5.75 Å². The number of halogens is 2. The monoisotopic (exact) mass is 347 g/mol. The second-order valence-corrected chi connectivity index (χ2v) is 5.79. The molecule has 0 radical (unpaired) electrons. The SMILES string of the molecule is CC1=[C-]CC=C1C.C[C](C)=[Ti+].Oc1ccccc1.[Cl-].[Cl-]. The first-order valence-electron chi connectivity index (χ1n) is 5.93. The molecule has 1 aromatic carbocycles. The molecule has 20 heavy (non-hydrogen) atoms. The van der Waals surface area contributed by atoms with Crippen LogP contribution in [0.2, 0.25) is 0 Å². The maximum absolute atomic E-state index is 8.63. The summed E-state index contributed by atoms with van der Waals surface area (Å²) >= 11 is 2.08. The smallest absolute Gasteiger partial charge is 0.115 e. The molecule has 1 nitrogen and oxygen atoms in total. The van der Waals surface area contributed by atoms with E-state index < -0.39 is 0 Å². The number of hydrogen-bond acceptors (Lipinski definition) is 1. The van der Waals surface area contributed by atoms with Crippen LogP contribution in [0.25, 0.3) is 0 Å². The van der Waals surface area contributed by atoms with Crippen molar-refractivity contribution in [3.05, 3.63) is 53.6 Å². The molecule has 0 saturated carbocycles. The molecule has 111 valence electrons. The van der Waals surface area contributed by atoms with Gasteiger partial charge < -0.3 is 29.9 Å². The fraction of sp³-hybridized carbons (Fsp3) is 0.312. The molecule has 0 heterocycles. The third kappa shape index (κ3) is 15.7. The van der Waals surface area contributed by atoms with Crippen molar-refractivity contribution in [2.75, 3.05) is 0 Å². The Morgan fingerprint density at radius 3 is 1.70 bits per heavy atom. The number of phenolic OH excluding ortho intramolecular Hbond substituents is 1. The minimum absolute atomic E-state index is 0. The Labute approximate surface area is 146 Å². The van der Waals surface area contributed by atoms with Crippen LogP contribution in [0.5, 0.6) is 5.75 Å². The van der Waals surface area contributed by atoms with Gasteiger partial charge in [-0.15, -0.1) is 13.3 Å². The maximum Gasteiger partial charge on any atom is 0.115 e. The van der Waals surface area contributed by atoms with Crippen LogP contribution in [0.4, 0.5) is 0 Å². The molecule has 1 N–H and O–H groups in total. The summed E-state index contributed by atoms with van der Waals surface area (Å²) < 4.78 is 1.42. The second-order valence-electron chi connectivity index (χ2n) is 4.23. The van der Waals surface area contributed by atoms with Crippen LogP contribution in [0.1, 0.15) is 34.1 Å². The van der Waals surface area contributed by atoms with Crippen LogP contribution in [0.15, 0.2) is 47.6 Å². The Morgan fingerprint density at radius 1 is 1.10 bits per heavy atom. The van der Waals surface area contributed by atoms with Crippen LogP contribution in [0.3, 0.4) is 0 Å². The van der Waals surface area contributed by atoms with Crippen molar-refractivity contribution in [1.82, 2.24) is 0 Å². The van der Waals surface area contributed by atoms with Crippen LogP contribution < -0.4 is 24.8 Å². The standard InChI is InChI=1S/C7H9.C6H6O.C3H6.2ClH.Ti/c1-6-4-3-5-7(6)2;7-6-4-2-1-3-5-6;1-3-2;;;/h4H,3H2,1-2H3;1-5,7H;1-2H3;2*1H;/q-1;;;;;+1/p-2. The van der Waals surface area contributed by atoms with E-state index in [0.717, 1.165) is 6.42 Å². The van der Waals surface area contributed by atoms with Gasteiger partial charge in [-0.1, -0.05) is 25.1 Å². The Balaban J connectivity index is -0.000000215. The first kappa shape index (κ1) is 24.7. The Bertz CT molecular complexity index is 405. The fourth-order valence-corrected chi connectivity index (χ4v) is 1.08. The zero-order chi connectivity index (χ0) is 14.0. The van der Waals surface area contributed by atoms with E-state index in [1.54, 1.807) is 24.3 Å². The molecule has 0 amide bonds. The molecular weight excluding hydrogens is 327 g/mol. The summed E-state index contributed by atoms with van der Waals surface area (Å²) in [7, 11) is 0. The van der Waals surface area contributed by atoms with Gasteiger partial charge in [-0.2, -0.15) is 6.08 Å². The number of para-hydroxylation sites is 1. The van der Waals surface area contributed by atoms with Gasteiger partial charge in [0, 0.05) is 0 Å². The van der Waals surface area contributed by atoms with E-state index in [1.807, 2.05) is 6.07 Å². The van der Waals surface area contributed by atoms with Gasteiger partial charge in [0.1, 0.15) is 5.75 Å². The average Bonchev–Trinajstić information content (AvgIpc) is 2.64. The molecule has 0 atom stereocenters. The number of rotatable bonds is 0. The Hall–Kier alpha value is -0.336. The van der Waals surface area contributed by atoms with E-state index in [0.29, 0.717) is 5.75 Å². The summed E-state index contributed by atoms with van der Waals surface area (Å²) in [6.45, 7) is 8.38. The van der Waals surface area contributed by atoms with Gasteiger partial charge in [0.05, 0.1) is 0 Å². The van der Waals surface area contributed by atoms with Gasteiger partial charge in [0.25, 0.3) is 0 Å². The molecule has 1 aliphatic carbocycles. The summed E-state index contributed by atoms with van der Waals surface area (Å²) in [5, 5.41) is 8.63. The topological polar surface area (TPSA) is 20.2 Å². The first-order valence-corrected chi connectivity index (χ1v) is 6.72. The van der Waals surface area contributed by atoms with Gasteiger partial charge in [-0.05, 0) is 12.1 Å². The summed E-state index contributed by atoms with van der Waals surface area (Å²) in [4.78, 5) is 0. The summed E-state index contributed by atoms with van der Waals surface area (Å²) in [6, 6.07) is 8.71. The molecule has 2 rings (SSSR count). The molecule has 0 aliphatic heterocycles. The van der Waals surface area contributed by atoms with Crippen molar-refractivity contribution >= 4 is 3.81 Å². The molecule has 0 aromatic heterocycles. The minimum atomic E-state index is 0. The molecule has 4 heteroatoms. The zero-order valence-corrected chi connectivity index (χ0v) is 15.4. The number of allylic oxidation sites excluding steroid dienone is 4.